The molecule has 0 radical (unpaired) electrons. The van der Waals surface area contributed by atoms with Gasteiger partial charge in [0.25, 0.3) is 0 Å². The Kier molecular flexibility index (Phi) is 3.74. The van der Waals surface area contributed by atoms with E-state index in [1.807, 2.05) is 11.0 Å². The summed E-state index contributed by atoms with van der Waals surface area (Å²) in [5.41, 5.74) is 6.82. The Morgan fingerprint density at radius 1 is 1.30 bits per heavy atom. The summed E-state index contributed by atoms with van der Waals surface area (Å²) in [6.45, 7) is 0.783. The molecule has 3 atom stereocenters. The van der Waals surface area contributed by atoms with Crippen molar-refractivity contribution in [1.29, 1.82) is 0 Å². The SMILES string of the molecule is NC1CCC(C(=O)N2CCCC2c2cccc(F)c2)C1. The number of carbonyl (C=O) groups is 1. The monoisotopic (exact) mass is 276 g/mol. The second kappa shape index (κ2) is 5.52. The molecule has 2 aliphatic rings. The van der Waals surface area contributed by atoms with Crippen molar-refractivity contribution in [2.24, 2.45) is 11.7 Å². The van der Waals surface area contributed by atoms with E-state index in [1.54, 1.807) is 12.1 Å². The van der Waals surface area contributed by atoms with Crippen molar-refractivity contribution in [3.05, 3.63) is 35.6 Å². The van der Waals surface area contributed by atoms with Gasteiger partial charge in [-0.2, -0.15) is 0 Å². The average Bonchev–Trinajstić information content (AvgIpc) is 3.06. The fraction of sp³-hybridized carbons (Fsp3) is 0.562. The van der Waals surface area contributed by atoms with Crippen LogP contribution in [0, 0.1) is 11.7 Å². The lowest BCUT2D eigenvalue weighted by atomic mass is 10.0. The molecule has 1 aliphatic heterocycles. The van der Waals surface area contributed by atoms with Gasteiger partial charge in [-0.15, -0.1) is 0 Å². The maximum Gasteiger partial charge on any atom is 0.226 e. The first-order valence-electron chi connectivity index (χ1n) is 7.46. The van der Waals surface area contributed by atoms with E-state index in [0.29, 0.717) is 0 Å². The minimum absolute atomic E-state index is 0.0371. The number of carbonyl (C=O) groups excluding carboxylic acids is 1. The van der Waals surface area contributed by atoms with Crippen LogP contribution in [0.5, 0.6) is 0 Å². The molecule has 1 aromatic carbocycles. The van der Waals surface area contributed by atoms with Gasteiger partial charge in [-0.1, -0.05) is 12.1 Å². The summed E-state index contributed by atoms with van der Waals surface area (Å²) in [6, 6.07) is 6.84. The number of hydrogen-bond donors (Lipinski definition) is 1. The Labute approximate surface area is 118 Å². The molecule has 1 aliphatic carbocycles. The minimum Gasteiger partial charge on any atom is -0.335 e. The quantitative estimate of drug-likeness (QED) is 0.902. The van der Waals surface area contributed by atoms with Crippen molar-refractivity contribution in [1.82, 2.24) is 4.90 Å². The van der Waals surface area contributed by atoms with Crippen LogP contribution in [0.25, 0.3) is 0 Å². The topological polar surface area (TPSA) is 46.3 Å². The molecule has 2 N–H and O–H groups in total. The zero-order valence-corrected chi connectivity index (χ0v) is 11.6. The Bertz CT molecular complexity index is 505. The van der Waals surface area contributed by atoms with Crippen LogP contribution in [0.2, 0.25) is 0 Å². The van der Waals surface area contributed by atoms with Crippen molar-refractivity contribution in [3.8, 4) is 0 Å². The fourth-order valence-corrected chi connectivity index (χ4v) is 3.57. The Balaban J connectivity index is 1.77. The van der Waals surface area contributed by atoms with Crippen LogP contribution in [-0.2, 0) is 4.79 Å². The van der Waals surface area contributed by atoms with Gasteiger partial charge in [0.2, 0.25) is 5.91 Å². The highest BCUT2D eigenvalue weighted by atomic mass is 19.1. The third-order valence-electron chi connectivity index (χ3n) is 4.59. The van der Waals surface area contributed by atoms with E-state index in [2.05, 4.69) is 0 Å². The number of benzene rings is 1. The van der Waals surface area contributed by atoms with E-state index >= 15 is 0 Å². The number of nitrogens with zero attached hydrogens (tertiary/aromatic N) is 1. The second-order valence-corrected chi connectivity index (χ2v) is 6.01. The summed E-state index contributed by atoms with van der Waals surface area (Å²) in [7, 11) is 0. The van der Waals surface area contributed by atoms with Crippen molar-refractivity contribution in [3.63, 3.8) is 0 Å². The lowest BCUT2D eigenvalue weighted by Gasteiger charge is -2.28. The maximum atomic E-state index is 13.4. The van der Waals surface area contributed by atoms with Crippen LogP contribution in [0.4, 0.5) is 4.39 Å². The molecule has 3 rings (SSSR count). The fourth-order valence-electron chi connectivity index (χ4n) is 3.57. The number of amides is 1. The first-order valence-corrected chi connectivity index (χ1v) is 7.46. The molecule has 20 heavy (non-hydrogen) atoms. The van der Waals surface area contributed by atoms with Crippen molar-refractivity contribution in [2.75, 3.05) is 6.54 Å². The van der Waals surface area contributed by atoms with Crippen LogP contribution >= 0.6 is 0 Å². The maximum absolute atomic E-state index is 13.4. The van der Waals surface area contributed by atoms with Gasteiger partial charge in [0, 0.05) is 18.5 Å². The zero-order chi connectivity index (χ0) is 14.1. The highest BCUT2D eigenvalue weighted by molar-refractivity contribution is 5.80. The summed E-state index contributed by atoms with van der Waals surface area (Å²) in [4.78, 5) is 14.6. The first-order chi connectivity index (χ1) is 9.65. The summed E-state index contributed by atoms with van der Waals surface area (Å²) >= 11 is 0. The lowest BCUT2D eigenvalue weighted by Crippen LogP contribution is -2.35. The third kappa shape index (κ3) is 2.57. The molecule has 1 amide bonds. The minimum atomic E-state index is -0.232. The van der Waals surface area contributed by atoms with Gasteiger partial charge in [-0.3, -0.25) is 4.79 Å². The van der Waals surface area contributed by atoms with E-state index in [9.17, 15) is 9.18 Å². The number of nitrogens with two attached hydrogens (primary N) is 1. The number of likely N-dealkylation sites (tertiary alicyclic amines) is 1. The van der Waals surface area contributed by atoms with Gasteiger partial charge >= 0.3 is 0 Å². The van der Waals surface area contributed by atoms with Crippen LogP contribution in [0.3, 0.4) is 0 Å². The predicted molar refractivity (Wildman–Crippen MR) is 75.4 cm³/mol. The Morgan fingerprint density at radius 3 is 2.85 bits per heavy atom. The predicted octanol–water partition coefficient (Wildman–Crippen LogP) is 2.62. The number of hydrogen-bond acceptors (Lipinski definition) is 2. The Morgan fingerprint density at radius 2 is 2.15 bits per heavy atom. The molecule has 0 bridgehead atoms. The molecule has 1 saturated heterocycles. The summed E-state index contributed by atoms with van der Waals surface area (Å²) in [5.74, 6) is 0.0496. The molecule has 1 saturated carbocycles. The van der Waals surface area contributed by atoms with E-state index < -0.39 is 0 Å². The molecule has 3 unspecified atom stereocenters. The van der Waals surface area contributed by atoms with Gasteiger partial charge in [-0.05, 0) is 49.8 Å². The summed E-state index contributed by atoms with van der Waals surface area (Å²) in [6.07, 6.45) is 4.55. The van der Waals surface area contributed by atoms with Crippen molar-refractivity contribution >= 4 is 5.91 Å². The van der Waals surface area contributed by atoms with Gasteiger partial charge < -0.3 is 10.6 Å². The molecule has 108 valence electrons. The molecule has 3 nitrogen and oxygen atoms in total. The van der Waals surface area contributed by atoms with Gasteiger partial charge in [0.1, 0.15) is 5.82 Å². The van der Waals surface area contributed by atoms with E-state index in [-0.39, 0.29) is 29.7 Å². The molecule has 1 aromatic rings. The highest BCUT2D eigenvalue weighted by Crippen LogP contribution is 2.36. The summed E-state index contributed by atoms with van der Waals surface area (Å²) < 4.78 is 13.4. The largest absolute Gasteiger partial charge is 0.335 e. The smallest absolute Gasteiger partial charge is 0.226 e. The molecule has 0 aromatic heterocycles. The summed E-state index contributed by atoms with van der Waals surface area (Å²) in [5, 5.41) is 0. The van der Waals surface area contributed by atoms with Crippen LogP contribution in [-0.4, -0.2) is 23.4 Å². The molecule has 2 fully saturated rings. The Hall–Kier alpha value is -1.42. The van der Waals surface area contributed by atoms with Crippen molar-refractivity contribution < 1.29 is 9.18 Å². The van der Waals surface area contributed by atoms with Gasteiger partial charge in [0.15, 0.2) is 0 Å². The van der Waals surface area contributed by atoms with E-state index in [4.69, 9.17) is 5.73 Å². The van der Waals surface area contributed by atoms with E-state index in [0.717, 1.165) is 44.2 Å². The van der Waals surface area contributed by atoms with Gasteiger partial charge in [-0.25, -0.2) is 4.39 Å². The molecule has 0 spiro atoms. The zero-order valence-electron chi connectivity index (χ0n) is 11.6. The number of halogens is 1. The standard InChI is InChI=1S/C16H21FN2O/c17-13-4-1-3-11(9-13)15-5-2-8-19(15)16(20)12-6-7-14(18)10-12/h1,3-4,9,12,14-15H,2,5-8,10,18H2. The lowest BCUT2D eigenvalue weighted by molar-refractivity contribution is -0.136. The third-order valence-corrected chi connectivity index (χ3v) is 4.59. The van der Waals surface area contributed by atoms with Crippen LogP contribution < -0.4 is 5.73 Å². The second-order valence-electron chi connectivity index (χ2n) is 6.01. The molecule has 1 heterocycles. The normalized spacial score (nSPS) is 29.9. The molecular weight excluding hydrogens is 255 g/mol. The van der Waals surface area contributed by atoms with Crippen LogP contribution in [0.1, 0.15) is 43.7 Å². The first kappa shape index (κ1) is 13.6. The molecule has 4 heteroatoms. The van der Waals surface area contributed by atoms with Gasteiger partial charge in [0.05, 0.1) is 6.04 Å². The molecular formula is C16H21FN2O. The highest BCUT2D eigenvalue weighted by Gasteiger charge is 2.36. The number of rotatable bonds is 2. The van der Waals surface area contributed by atoms with Crippen LogP contribution in [0.15, 0.2) is 24.3 Å². The van der Waals surface area contributed by atoms with E-state index in [1.165, 1.54) is 6.07 Å². The average molecular weight is 276 g/mol. The van der Waals surface area contributed by atoms with Crippen molar-refractivity contribution in [2.45, 2.75) is 44.2 Å².